The molecule has 1 fully saturated rings. The highest BCUT2D eigenvalue weighted by atomic mass is 16.5. The molecule has 0 aromatic carbocycles. The van der Waals surface area contributed by atoms with E-state index >= 15 is 0 Å². The van der Waals surface area contributed by atoms with Gasteiger partial charge in [0.1, 0.15) is 0 Å². The Morgan fingerprint density at radius 2 is 2.50 bits per heavy atom. The first kappa shape index (κ1) is 12.9. The van der Waals surface area contributed by atoms with Crippen LogP contribution in [0.3, 0.4) is 0 Å². The molecule has 0 radical (unpaired) electrons. The molecule has 2 atom stereocenters. The predicted molar refractivity (Wildman–Crippen MR) is 67.2 cm³/mol. The maximum atomic E-state index is 12.0. The maximum absolute atomic E-state index is 12.0. The Bertz CT molecular complexity index is 379. The topological polar surface area (TPSA) is 59.4 Å². The third kappa shape index (κ3) is 3.46. The van der Waals surface area contributed by atoms with E-state index in [0.717, 1.165) is 6.54 Å². The van der Waals surface area contributed by atoms with E-state index < -0.39 is 0 Å². The number of rotatable bonds is 3. The summed E-state index contributed by atoms with van der Waals surface area (Å²) in [5.41, 5.74) is 0. The number of ether oxygens (including phenoxy) is 1. The van der Waals surface area contributed by atoms with Crippen LogP contribution in [0, 0.1) is 0 Å². The van der Waals surface area contributed by atoms with Crippen LogP contribution in [0.1, 0.15) is 13.8 Å². The first-order valence-electron chi connectivity index (χ1n) is 6.28. The van der Waals surface area contributed by atoms with E-state index in [9.17, 15) is 4.79 Å². The van der Waals surface area contributed by atoms with Gasteiger partial charge < -0.3 is 19.5 Å². The summed E-state index contributed by atoms with van der Waals surface area (Å²) in [6, 6.07) is 0.0580. The van der Waals surface area contributed by atoms with E-state index in [2.05, 4.69) is 10.3 Å². The van der Waals surface area contributed by atoms with Crippen LogP contribution in [0.15, 0.2) is 18.7 Å². The minimum atomic E-state index is -0.0160. The average molecular weight is 252 g/mol. The van der Waals surface area contributed by atoms with Gasteiger partial charge >= 0.3 is 6.03 Å². The molecule has 0 aliphatic carbocycles. The second-order valence-electron chi connectivity index (χ2n) is 4.74. The molecule has 18 heavy (non-hydrogen) atoms. The second-order valence-corrected chi connectivity index (χ2v) is 4.74. The van der Waals surface area contributed by atoms with Crippen LogP contribution in [0.2, 0.25) is 0 Å². The van der Waals surface area contributed by atoms with Gasteiger partial charge in [0.15, 0.2) is 0 Å². The van der Waals surface area contributed by atoms with Crippen LogP contribution in [-0.4, -0.2) is 52.3 Å². The SMILES string of the molecule is CC(Cn1ccnc1)NC(=O)N1CCOC(C)C1. The highest BCUT2D eigenvalue weighted by molar-refractivity contribution is 5.74. The number of imidazole rings is 1. The summed E-state index contributed by atoms with van der Waals surface area (Å²) in [4.78, 5) is 17.8. The van der Waals surface area contributed by atoms with Crippen LogP contribution in [0.5, 0.6) is 0 Å². The van der Waals surface area contributed by atoms with Crippen molar-refractivity contribution in [2.75, 3.05) is 19.7 Å². The van der Waals surface area contributed by atoms with E-state index in [0.29, 0.717) is 19.7 Å². The van der Waals surface area contributed by atoms with Crippen molar-refractivity contribution in [3.05, 3.63) is 18.7 Å². The van der Waals surface area contributed by atoms with E-state index in [1.54, 1.807) is 17.4 Å². The molecule has 6 heteroatoms. The summed E-state index contributed by atoms with van der Waals surface area (Å²) < 4.78 is 7.37. The van der Waals surface area contributed by atoms with E-state index in [1.807, 2.05) is 24.6 Å². The van der Waals surface area contributed by atoms with Crippen LogP contribution in [0.25, 0.3) is 0 Å². The Kier molecular flexibility index (Phi) is 4.19. The highest BCUT2D eigenvalue weighted by Gasteiger charge is 2.22. The molecule has 1 aliphatic heterocycles. The Labute approximate surface area is 107 Å². The third-order valence-electron chi connectivity index (χ3n) is 2.94. The summed E-state index contributed by atoms with van der Waals surface area (Å²) in [6.07, 6.45) is 5.49. The van der Waals surface area contributed by atoms with Crippen LogP contribution < -0.4 is 5.32 Å². The smallest absolute Gasteiger partial charge is 0.317 e. The van der Waals surface area contributed by atoms with Gasteiger partial charge in [-0.05, 0) is 13.8 Å². The molecule has 1 saturated heterocycles. The summed E-state index contributed by atoms with van der Waals surface area (Å²) >= 11 is 0. The molecule has 6 nitrogen and oxygen atoms in total. The molecule has 1 aromatic heterocycles. The van der Waals surface area contributed by atoms with Crippen molar-refractivity contribution in [1.82, 2.24) is 19.8 Å². The standard InChI is InChI=1S/C12H20N4O2/c1-10(7-15-4-3-13-9-15)14-12(17)16-5-6-18-11(2)8-16/h3-4,9-11H,5-8H2,1-2H3,(H,14,17). The van der Waals surface area contributed by atoms with Crippen LogP contribution in [-0.2, 0) is 11.3 Å². The van der Waals surface area contributed by atoms with Crippen molar-refractivity contribution >= 4 is 6.03 Å². The van der Waals surface area contributed by atoms with Gasteiger partial charge in [-0.3, -0.25) is 0 Å². The molecule has 1 aliphatic rings. The molecule has 1 N–H and O–H groups in total. The van der Waals surface area contributed by atoms with Gasteiger partial charge in [-0.25, -0.2) is 9.78 Å². The van der Waals surface area contributed by atoms with Crippen molar-refractivity contribution in [3.8, 4) is 0 Å². The van der Waals surface area contributed by atoms with Gasteiger partial charge in [-0.1, -0.05) is 0 Å². The first-order valence-corrected chi connectivity index (χ1v) is 6.28. The largest absolute Gasteiger partial charge is 0.375 e. The number of carbonyl (C=O) groups excluding carboxylic acids is 1. The Hall–Kier alpha value is -1.56. The molecule has 0 spiro atoms. The second kappa shape index (κ2) is 5.86. The number of hydrogen-bond acceptors (Lipinski definition) is 3. The fraction of sp³-hybridized carbons (Fsp3) is 0.667. The van der Waals surface area contributed by atoms with Gasteiger partial charge in [-0.15, -0.1) is 0 Å². The van der Waals surface area contributed by atoms with Crippen LogP contribution >= 0.6 is 0 Å². The summed E-state index contributed by atoms with van der Waals surface area (Å²) in [5, 5.41) is 2.99. The number of morpholine rings is 1. The number of nitrogens with one attached hydrogen (secondary N) is 1. The zero-order valence-electron chi connectivity index (χ0n) is 10.9. The number of amides is 2. The molecular weight excluding hydrogens is 232 g/mol. The van der Waals surface area contributed by atoms with Gasteiger partial charge in [0.2, 0.25) is 0 Å². The molecule has 2 unspecified atom stereocenters. The molecule has 0 saturated carbocycles. The minimum Gasteiger partial charge on any atom is -0.375 e. The normalized spacial score (nSPS) is 21.7. The predicted octanol–water partition coefficient (Wildman–Crippen LogP) is 0.702. The van der Waals surface area contributed by atoms with Crippen molar-refractivity contribution < 1.29 is 9.53 Å². The lowest BCUT2D eigenvalue weighted by molar-refractivity contribution is -0.00386. The molecule has 1 aromatic rings. The number of nitrogens with zero attached hydrogens (tertiary/aromatic N) is 3. The molecule has 100 valence electrons. The Morgan fingerprint density at radius 3 is 3.17 bits per heavy atom. The molecule has 2 heterocycles. The summed E-state index contributed by atoms with van der Waals surface area (Å²) in [7, 11) is 0. The maximum Gasteiger partial charge on any atom is 0.317 e. The van der Waals surface area contributed by atoms with Gasteiger partial charge in [0.05, 0.1) is 19.0 Å². The lowest BCUT2D eigenvalue weighted by atomic mass is 10.3. The molecule has 2 amide bonds. The summed E-state index contributed by atoms with van der Waals surface area (Å²) in [6.45, 7) is 6.63. The lowest BCUT2D eigenvalue weighted by Gasteiger charge is -2.32. The number of carbonyl (C=O) groups is 1. The quantitative estimate of drug-likeness (QED) is 0.861. The van der Waals surface area contributed by atoms with E-state index in [1.165, 1.54) is 0 Å². The van der Waals surface area contributed by atoms with Crippen molar-refractivity contribution in [2.24, 2.45) is 0 Å². The summed E-state index contributed by atoms with van der Waals surface area (Å²) in [5.74, 6) is 0. The molecule has 2 rings (SSSR count). The number of urea groups is 1. The third-order valence-corrected chi connectivity index (χ3v) is 2.94. The van der Waals surface area contributed by atoms with E-state index in [-0.39, 0.29) is 18.2 Å². The van der Waals surface area contributed by atoms with Crippen molar-refractivity contribution in [2.45, 2.75) is 32.5 Å². The monoisotopic (exact) mass is 252 g/mol. The first-order chi connectivity index (χ1) is 8.65. The van der Waals surface area contributed by atoms with Gasteiger partial charge in [0.25, 0.3) is 0 Å². The van der Waals surface area contributed by atoms with Crippen LogP contribution in [0.4, 0.5) is 4.79 Å². The fourth-order valence-corrected chi connectivity index (χ4v) is 2.06. The molecule has 0 bridgehead atoms. The van der Waals surface area contributed by atoms with Gasteiger partial charge in [-0.2, -0.15) is 0 Å². The van der Waals surface area contributed by atoms with Gasteiger partial charge in [0, 0.05) is 38.1 Å². The van der Waals surface area contributed by atoms with Crippen molar-refractivity contribution in [1.29, 1.82) is 0 Å². The number of hydrogen-bond donors (Lipinski definition) is 1. The van der Waals surface area contributed by atoms with Crippen molar-refractivity contribution in [3.63, 3.8) is 0 Å². The van der Waals surface area contributed by atoms with E-state index in [4.69, 9.17) is 4.74 Å². The molecular formula is C12H20N4O2. The fourth-order valence-electron chi connectivity index (χ4n) is 2.06. The average Bonchev–Trinajstić information content (AvgIpc) is 2.81. The zero-order chi connectivity index (χ0) is 13.0. The number of aromatic nitrogens is 2. The lowest BCUT2D eigenvalue weighted by Crippen LogP contribution is -2.51. The minimum absolute atomic E-state index is 0.0160. The zero-order valence-corrected chi connectivity index (χ0v) is 10.9. The Morgan fingerprint density at radius 1 is 1.67 bits per heavy atom. The highest BCUT2D eigenvalue weighted by Crippen LogP contribution is 2.04. The Balaban J connectivity index is 1.79.